The van der Waals surface area contributed by atoms with Crippen LogP contribution in [0.25, 0.3) is 10.9 Å². The highest BCUT2D eigenvalue weighted by Gasteiger charge is 2.21. The minimum atomic E-state index is 0.367. The summed E-state index contributed by atoms with van der Waals surface area (Å²) in [5, 5.41) is 9.24. The van der Waals surface area contributed by atoms with Gasteiger partial charge in [-0.2, -0.15) is 0 Å². The average molecular weight is 476 g/mol. The van der Waals surface area contributed by atoms with Crippen LogP contribution in [0.3, 0.4) is 0 Å². The zero-order valence-electron chi connectivity index (χ0n) is 15.2. The number of rotatable bonds is 3. The summed E-state index contributed by atoms with van der Waals surface area (Å²) in [6.07, 6.45) is 3.91. The van der Waals surface area contributed by atoms with Crippen molar-refractivity contribution in [2.45, 2.75) is 18.9 Å². The number of nitrogens with zero attached hydrogens (tertiary/aromatic N) is 2. The number of aromatic nitrogens is 1. The van der Waals surface area contributed by atoms with Crippen molar-refractivity contribution < 1.29 is 0 Å². The first-order valence-corrected chi connectivity index (χ1v) is 10.8. The van der Waals surface area contributed by atoms with Crippen molar-refractivity contribution in [3.05, 3.63) is 64.2 Å². The van der Waals surface area contributed by atoms with Crippen LogP contribution in [0, 0.1) is 0 Å². The average Bonchev–Trinajstić information content (AvgIpc) is 2.68. The first-order valence-electron chi connectivity index (χ1n) is 9.21. The number of thiocarbonyl (C=S) groups is 1. The number of pyridine rings is 1. The molecule has 1 aromatic heterocycles. The van der Waals surface area contributed by atoms with Gasteiger partial charge in [-0.15, -0.1) is 0 Å². The zero-order chi connectivity index (χ0) is 19.5. The third-order valence-corrected chi connectivity index (χ3v) is 5.88. The molecule has 1 fully saturated rings. The molecule has 1 saturated heterocycles. The SMILES string of the molecule is S=C(Nc1cccc(Br)c1)NC1CCN(c2ccnc3cc(Cl)ccc23)CC1. The Kier molecular flexibility index (Phi) is 5.99. The lowest BCUT2D eigenvalue weighted by atomic mass is 10.0. The van der Waals surface area contributed by atoms with Crippen LogP contribution in [0.5, 0.6) is 0 Å². The first-order chi connectivity index (χ1) is 13.6. The van der Waals surface area contributed by atoms with Gasteiger partial charge in [-0.25, -0.2) is 0 Å². The van der Waals surface area contributed by atoms with Gasteiger partial charge in [-0.05, 0) is 67.5 Å². The van der Waals surface area contributed by atoms with E-state index in [1.54, 1.807) is 0 Å². The molecule has 3 aromatic rings. The molecule has 0 saturated carbocycles. The van der Waals surface area contributed by atoms with Crippen molar-refractivity contribution in [3.63, 3.8) is 0 Å². The Balaban J connectivity index is 1.37. The molecule has 28 heavy (non-hydrogen) atoms. The monoisotopic (exact) mass is 474 g/mol. The Morgan fingerprint density at radius 3 is 2.75 bits per heavy atom. The topological polar surface area (TPSA) is 40.2 Å². The summed E-state index contributed by atoms with van der Waals surface area (Å²) >= 11 is 15.1. The minimum Gasteiger partial charge on any atom is -0.371 e. The van der Waals surface area contributed by atoms with Crippen molar-refractivity contribution >= 4 is 67.1 Å². The van der Waals surface area contributed by atoms with E-state index in [0.717, 1.165) is 47.0 Å². The standard InChI is InChI=1S/C21H20BrClN4S/c22-14-2-1-3-17(12-14)26-21(28)25-16-7-10-27(11-8-16)20-6-9-24-19-13-15(23)4-5-18(19)20/h1-6,9,12-13,16H,7-8,10-11H2,(H2,25,26,28). The van der Waals surface area contributed by atoms with Gasteiger partial charge < -0.3 is 15.5 Å². The second-order valence-electron chi connectivity index (χ2n) is 6.86. The minimum absolute atomic E-state index is 0.367. The molecular formula is C21H20BrClN4S. The quantitative estimate of drug-likeness (QED) is 0.482. The van der Waals surface area contributed by atoms with Gasteiger partial charge in [0.2, 0.25) is 0 Å². The third kappa shape index (κ3) is 4.57. The maximum atomic E-state index is 6.11. The molecule has 2 heterocycles. The van der Waals surface area contributed by atoms with E-state index in [1.807, 2.05) is 42.6 Å². The van der Waals surface area contributed by atoms with E-state index in [9.17, 15) is 0 Å². The number of halogens is 2. The molecule has 2 aromatic carbocycles. The molecule has 2 N–H and O–H groups in total. The number of nitrogens with one attached hydrogen (secondary N) is 2. The van der Waals surface area contributed by atoms with E-state index in [0.29, 0.717) is 16.2 Å². The van der Waals surface area contributed by atoms with Gasteiger partial charge in [0.05, 0.1) is 5.52 Å². The molecule has 0 spiro atoms. The molecule has 0 radical (unpaired) electrons. The van der Waals surface area contributed by atoms with Crippen LogP contribution < -0.4 is 15.5 Å². The van der Waals surface area contributed by atoms with Gasteiger partial charge in [0.1, 0.15) is 0 Å². The molecule has 0 aliphatic carbocycles. The van der Waals surface area contributed by atoms with Crippen LogP contribution in [-0.2, 0) is 0 Å². The Labute approximate surface area is 183 Å². The van der Waals surface area contributed by atoms with E-state index in [4.69, 9.17) is 23.8 Å². The summed E-state index contributed by atoms with van der Waals surface area (Å²) in [4.78, 5) is 6.86. The van der Waals surface area contributed by atoms with Crippen LogP contribution in [0.15, 0.2) is 59.2 Å². The summed E-state index contributed by atoms with van der Waals surface area (Å²) in [6.45, 7) is 1.94. The third-order valence-electron chi connectivity index (χ3n) is 4.94. The summed E-state index contributed by atoms with van der Waals surface area (Å²) < 4.78 is 1.03. The lowest BCUT2D eigenvalue weighted by Crippen LogP contribution is -2.46. The highest BCUT2D eigenvalue weighted by Crippen LogP contribution is 2.29. The van der Waals surface area contributed by atoms with Crippen molar-refractivity contribution in [1.82, 2.24) is 10.3 Å². The lowest BCUT2D eigenvalue weighted by molar-refractivity contribution is 0.468. The molecule has 0 amide bonds. The fourth-order valence-electron chi connectivity index (χ4n) is 3.57. The van der Waals surface area contributed by atoms with Crippen LogP contribution in [0.2, 0.25) is 5.02 Å². The number of piperidine rings is 1. The second kappa shape index (κ2) is 8.64. The number of hydrogen-bond acceptors (Lipinski definition) is 3. The van der Waals surface area contributed by atoms with E-state index in [-0.39, 0.29) is 0 Å². The van der Waals surface area contributed by atoms with Crippen molar-refractivity contribution in [1.29, 1.82) is 0 Å². The van der Waals surface area contributed by atoms with Crippen LogP contribution in [0.1, 0.15) is 12.8 Å². The first kappa shape index (κ1) is 19.4. The second-order valence-corrected chi connectivity index (χ2v) is 8.62. The van der Waals surface area contributed by atoms with E-state index in [1.165, 1.54) is 5.69 Å². The molecule has 1 aliphatic rings. The Morgan fingerprint density at radius 2 is 1.96 bits per heavy atom. The maximum absolute atomic E-state index is 6.11. The highest BCUT2D eigenvalue weighted by molar-refractivity contribution is 9.10. The van der Waals surface area contributed by atoms with Crippen LogP contribution in [0.4, 0.5) is 11.4 Å². The summed E-state index contributed by atoms with van der Waals surface area (Å²) in [7, 11) is 0. The molecule has 4 rings (SSSR count). The summed E-state index contributed by atoms with van der Waals surface area (Å²) in [5.41, 5.74) is 3.13. The maximum Gasteiger partial charge on any atom is 0.170 e. The number of anilines is 2. The number of benzene rings is 2. The van der Waals surface area contributed by atoms with Crippen LogP contribution >= 0.6 is 39.7 Å². The Bertz CT molecular complexity index is 1000. The van der Waals surface area contributed by atoms with Gasteiger partial charge in [0, 0.05) is 51.6 Å². The normalized spacial score (nSPS) is 14.9. The molecule has 144 valence electrons. The van der Waals surface area contributed by atoms with Crippen molar-refractivity contribution in [2.24, 2.45) is 0 Å². The molecule has 4 nitrogen and oxygen atoms in total. The Hall–Kier alpha value is -1.89. The van der Waals surface area contributed by atoms with Gasteiger partial charge in [-0.1, -0.05) is 33.6 Å². The smallest absolute Gasteiger partial charge is 0.170 e. The largest absolute Gasteiger partial charge is 0.371 e. The van der Waals surface area contributed by atoms with E-state index in [2.05, 4.69) is 48.6 Å². The van der Waals surface area contributed by atoms with Gasteiger partial charge in [-0.3, -0.25) is 4.98 Å². The molecule has 1 aliphatic heterocycles. The highest BCUT2D eigenvalue weighted by atomic mass is 79.9. The molecule has 0 unspecified atom stereocenters. The fraction of sp³-hybridized carbons (Fsp3) is 0.238. The molecule has 0 bridgehead atoms. The van der Waals surface area contributed by atoms with Gasteiger partial charge >= 0.3 is 0 Å². The van der Waals surface area contributed by atoms with Gasteiger partial charge in [0.15, 0.2) is 5.11 Å². The van der Waals surface area contributed by atoms with E-state index < -0.39 is 0 Å². The molecule has 0 atom stereocenters. The summed E-state index contributed by atoms with van der Waals surface area (Å²) in [5.74, 6) is 0. The number of fused-ring (bicyclic) bond motifs is 1. The fourth-order valence-corrected chi connectivity index (χ4v) is 4.42. The lowest BCUT2D eigenvalue weighted by Gasteiger charge is -2.35. The zero-order valence-corrected chi connectivity index (χ0v) is 18.3. The Morgan fingerprint density at radius 1 is 1.14 bits per heavy atom. The van der Waals surface area contributed by atoms with Crippen molar-refractivity contribution in [2.75, 3.05) is 23.3 Å². The molecular weight excluding hydrogens is 456 g/mol. The van der Waals surface area contributed by atoms with Crippen LogP contribution in [-0.4, -0.2) is 29.2 Å². The van der Waals surface area contributed by atoms with E-state index >= 15 is 0 Å². The predicted octanol–water partition coefficient (Wildman–Crippen LogP) is 5.61. The molecule has 7 heteroatoms. The summed E-state index contributed by atoms with van der Waals surface area (Å²) in [6, 6.07) is 16.3. The predicted molar refractivity (Wildman–Crippen MR) is 125 cm³/mol. The van der Waals surface area contributed by atoms with Crippen molar-refractivity contribution in [3.8, 4) is 0 Å². The number of hydrogen-bond donors (Lipinski definition) is 2. The van der Waals surface area contributed by atoms with Gasteiger partial charge in [0.25, 0.3) is 0 Å².